The number of alkyl carbamates (subject to hydrolysis) is 1. The molecule has 260 valence electrons. The van der Waals surface area contributed by atoms with E-state index < -0.39 is 35.6 Å². The Morgan fingerprint density at radius 2 is 1.69 bits per heavy atom. The number of hydrogen-bond donors (Lipinski definition) is 2. The number of rotatable bonds is 13. The van der Waals surface area contributed by atoms with Crippen molar-refractivity contribution in [2.75, 3.05) is 18.1 Å². The maximum absolute atomic E-state index is 14.8. The molecule has 12 heteroatoms. The number of benzene rings is 3. The number of para-hydroxylation sites is 1. The van der Waals surface area contributed by atoms with Gasteiger partial charge in [0.1, 0.15) is 23.2 Å². The van der Waals surface area contributed by atoms with Gasteiger partial charge in [0, 0.05) is 24.8 Å². The van der Waals surface area contributed by atoms with Crippen LogP contribution in [0.15, 0.2) is 84.9 Å². The van der Waals surface area contributed by atoms with Crippen LogP contribution in [0, 0.1) is 5.92 Å². The highest BCUT2D eigenvalue weighted by atomic mass is 19.4. The van der Waals surface area contributed by atoms with E-state index in [-0.39, 0.29) is 17.9 Å². The van der Waals surface area contributed by atoms with Crippen LogP contribution in [0.4, 0.5) is 23.7 Å². The normalized spacial score (nSPS) is 13.9. The Kier molecular flexibility index (Phi) is 11.0. The number of carbonyl (C=O) groups excluding carboxylic acids is 2. The van der Waals surface area contributed by atoms with Crippen LogP contribution in [0.25, 0.3) is 5.69 Å². The third kappa shape index (κ3) is 9.62. The van der Waals surface area contributed by atoms with Crippen molar-refractivity contribution in [1.82, 2.24) is 20.4 Å². The zero-order valence-electron chi connectivity index (χ0n) is 28.1. The first kappa shape index (κ1) is 35.5. The van der Waals surface area contributed by atoms with Crippen LogP contribution in [-0.2, 0) is 17.5 Å². The fourth-order valence-electron chi connectivity index (χ4n) is 5.18. The molecule has 9 nitrogen and oxygen atoms in total. The lowest BCUT2D eigenvalue weighted by atomic mass is 10.1. The molecule has 1 atom stereocenters. The van der Waals surface area contributed by atoms with E-state index in [9.17, 15) is 22.8 Å². The molecule has 1 unspecified atom stereocenters. The van der Waals surface area contributed by atoms with Crippen LogP contribution in [0.2, 0.25) is 0 Å². The summed E-state index contributed by atoms with van der Waals surface area (Å²) in [5.74, 6) is 0.436. The number of aromatic nitrogens is 2. The molecule has 2 N–H and O–H groups in total. The molecule has 1 aromatic heterocycles. The summed E-state index contributed by atoms with van der Waals surface area (Å²) in [6.45, 7) is 8.45. The molecule has 0 bridgehead atoms. The molecule has 1 aliphatic rings. The molecule has 0 radical (unpaired) electrons. The second-order valence-corrected chi connectivity index (χ2v) is 13.0. The maximum Gasteiger partial charge on any atom is 0.435 e. The summed E-state index contributed by atoms with van der Waals surface area (Å²) in [7, 11) is 0. The zero-order chi connectivity index (χ0) is 35.2. The molecule has 2 amide bonds. The van der Waals surface area contributed by atoms with Gasteiger partial charge in [0.2, 0.25) is 0 Å². The van der Waals surface area contributed by atoms with E-state index in [4.69, 9.17) is 9.47 Å². The van der Waals surface area contributed by atoms with Crippen molar-refractivity contribution in [1.29, 1.82) is 0 Å². The minimum atomic E-state index is -4.81. The number of halogens is 3. The molecular formula is C37H42F3N5O4. The van der Waals surface area contributed by atoms with Gasteiger partial charge in [-0.15, -0.1) is 0 Å². The lowest BCUT2D eigenvalue weighted by molar-refractivity contribution is -0.141. The van der Waals surface area contributed by atoms with E-state index in [1.165, 1.54) is 4.90 Å². The first-order valence-electron chi connectivity index (χ1n) is 16.4. The molecule has 49 heavy (non-hydrogen) atoms. The summed E-state index contributed by atoms with van der Waals surface area (Å²) < 4.78 is 54.6. The summed E-state index contributed by atoms with van der Waals surface area (Å²) >= 11 is 0. The second kappa shape index (κ2) is 15.1. The molecule has 4 aromatic rings. The molecule has 1 aliphatic carbocycles. The maximum atomic E-state index is 14.8. The summed E-state index contributed by atoms with van der Waals surface area (Å²) in [6.07, 6.45) is -3.21. The smallest absolute Gasteiger partial charge is 0.435 e. The van der Waals surface area contributed by atoms with Crippen LogP contribution in [0.1, 0.15) is 80.4 Å². The number of ether oxygens (including phenoxy) is 2. The largest absolute Gasteiger partial charge is 0.494 e. The minimum Gasteiger partial charge on any atom is -0.494 e. The lowest BCUT2D eigenvalue weighted by Crippen LogP contribution is -2.44. The summed E-state index contributed by atoms with van der Waals surface area (Å²) in [5, 5.41) is 10.1. The van der Waals surface area contributed by atoms with Gasteiger partial charge in [-0.2, -0.15) is 18.3 Å². The Bertz CT molecular complexity index is 1710. The van der Waals surface area contributed by atoms with Crippen LogP contribution < -0.4 is 20.3 Å². The van der Waals surface area contributed by atoms with E-state index in [0.717, 1.165) is 35.6 Å². The first-order valence-corrected chi connectivity index (χ1v) is 16.4. The highest BCUT2D eigenvalue weighted by Gasteiger charge is 2.38. The van der Waals surface area contributed by atoms with E-state index in [1.54, 1.807) is 69.3 Å². The third-order valence-electron chi connectivity index (χ3n) is 7.69. The average Bonchev–Trinajstić information content (AvgIpc) is 3.78. The fraction of sp³-hybridized carbons (Fsp3) is 0.378. The Hall–Kier alpha value is -4.84. The average molecular weight is 678 g/mol. The van der Waals surface area contributed by atoms with Gasteiger partial charge in [0.25, 0.3) is 5.91 Å². The Morgan fingerprint density at radius 3 is 2.33 bits per heavy atom. The van der Waals surface area contributed by atoms with Crippen molar-refractivity contribution >= 4 is 17.7 Å². The summed E-state index contributed by atoms with van der Waals surface area (Å²) in [5.41, 5.74) is -0.181. The third-order valence-corrected chi connectivity index (χ3v) is 7.69. The number of nitrogens with one attached hydrogen (secondary N) is 2. The fourth-order valence-corrected chi connectivity index (χ4v) is 5.18. The SMILES string of the molecule is CCCOc1ccc(C(NCC2CC2)N(C(=O)c2cc(C(F)(F)F)nn2-c2cccc(CNC(=O)OC(C)(C)C)c2)c2ccccc2)cc1. The molecule has 1 heterocycles. The predicted molar refractivity (Wildman–Crippen MR) is 181 cm³/mol. The van der Waals surface area contributed by atoms with Gasteiger partial charge in [0.15, 0.2) is 5.69 Å². The van der Waals surface area contributed by atoms with Gasteiger partial charge >= 0.3 is 12.3 Å². The molecule has 5 rings (SSSR count). The zero-order valence-corrected chi connectivity index (χ0v) is 28.1. The van der Waals surface area contributed by atoms with Crippen LogP contribution in [0.5, 0.6) is 5.75 Å². The van der Waals surface area contributed by atoms with Crippen molar-refractivity contribution in [3.05, 3.63) is 107 Å². The van der Waals surface area contributed by atoms with Crippen molar-refractivity contribution in [2.45, 2.75) is 71.4 Å². The second-order valence-electron chi connectivity index (χ2n) is 13.0. The van der Waals surface area contributed by atoms with Crippen molar-refractivity contribution in [3.63, 3.8) is 0 Å². The van der Waals surface area contributed by atoms with Gasteiger partial charge in [-0.05, 0) is 93.5 Å². The van der Waals surface area contributed by atoms with Crippen molar-refractivity contribution < 1.29 is 32.2 Å². The molecule has 3 aromatic carbocycles. The Morgan fingerprint density at radius 1 is 0.980 bits per heavy atom. The Labute approximate surface area is 284 Å². The summed E-state index contributed by atoms with van der Waals surface area (Å²) in [6, 6.07) is 23.5. The van der Waals surface area contributed by atoms with Gasteiger partial charge < -0.3 is 14.8 Å². The number of amides is 2. The number of nitrogens with zero attached hydrogens (tertiary/aromatic N) is 3. The van der Waals surface area contributed by atoms with Gasteiger partial charge in [-0.3, -0.25) is 15.0 Å². The predicted octanol–water partition coefficient (Wildman–Crippen LogP) is 8.05. The van der Waals surface area contributed by atoms with Gasteiger partial charge in [0.05, 0.1) is 12.3 Å². The van der Waals surface area contributed by atoms with E-state index in [2.05, 4.69) is 15.7 Å². The van der Waals surface area contributed by atoms with Gasteiger partial charge in [-0.1, -0.05) is 49.4 Å². The highest BCUT2D eigenvalue weighted by molar-refractivity contribution is 6.06. The number of anilines is 1. The molecule has 0 aliphatic heterocycles. The van der Waals surface area contributed by atoms with E-state index >= 15 is 0 Å². The van der Waals surface area contributed by atoms with E-state index in [1.807, 2.05) is 37.3 Å². The van der Waals surface area contributed by atoms with Crippen molar-refractivity contribution in [2.24, 2.45) is 5.92 Å². The molecular weight excluding hydrogens is 635 g/mol. The van der Waals surface area contributed by atoms with E-state index in [0.29, 0.717) is 36.1 Å². The quantitative estimate of drug-likeness (QED) is 0.139. The topological polar surface area (TPSA) is 97.7 Å². The Balaban J connectivity index is 1.55. The monoisotopic (exact) mass is 677 g/mol. The first-order chi connectivity index (χ1) is 23.3. The van der Waals surface area contributed by atoms with Crippen LogP contribution >= 0.6 is 0 Å². The standard InChI is InChI=1S/C37H42F3N5O4/c1-5-20-48-30-18-16-27(17-19-30)33(41-23-25-14-15-25)44(28-11-7-6-8-12-28)34(46)31-22-32(37(38,39)40)43-45(31)29-13-9-10-26(21-29)24-42-35(47)49-36(2,3)4/h6-13,16-19,21-22,25,33,41H,5,14-15,20,23-24H2,1-4H3,(H,42,47). The van der Waals surface area contributed by atoms with Crippen molar-refractivity contribution in [3.8, 4) is 11.4 Å². The molecule has 0 spiro atoms. The minimum absolute atomic E-state index is 0.0424. The lowest BCUT2D eigenvalue weighted by Gasteiger charge is -2.33. The highest BCUT2D eigenvalue weighted by Crippen LogP contribution is 2.35. The molecule has 1 fully saturated rings. The number of alkyl halides is 3. The number of hydrogen-bond acceptors (Lipinski definition) is 6. The summed E-state index contributed by atoms with van der Waals surface area (Å²) in [4.78, 5) is 28.5. The molecule has 1 saturated carbocycles. The van der Waals surface area contributed by atoms with Crippen LogP contribution in [-0.4, -0.2) is 40.5 Å². The molecule has 0 saturated heterocycles. The number of carbonyl (C=O) groups is 2. The van der Waals surface area contributed by atoms with Crippen LogP contribution in [0.3, 0.4) is 0 Å². The van der Waals surface area contributed by atoms with Gasteiger partial charge in [-0.25, -0.2) is 9.48 Å².